The maximum atomic E-state index is 12.0. The van der Waals surface area contributed by atoms with Gasteiger partial charge in [0.1, 0.15) is 6.61 Å². The van der Waals surface area contributed by atoms with Crippen molar-refractivity contribution >= 4 is 23.2 Å². The number of ether oxygens (including phenoxy) is 1. The van der Waals surface area contributed by atoms with Crippen LogP contribution < -0.4 is 0 Å². The van der Waals surface area contributed by atoms with Crippen LogP contribution in [0.4, 0.5) is 0 Å². The van der Waals surface area contributed by atoms with Gasteiger partial charge in [0.2, 0.25) is 5.91 Å². The lowest BCUT2D eigenvalue weighted by atomic mass is 9.97. The summed E-state index contributed by atoms with van der Waals surface area (Å²) < 4.78 is 5.39. The Morgan fingerprint density at radius 1 is 1.35 bits per heavy atom. The van der Waals surface area contributed by atoms with Gasteiger partial charge in [-0.1, -0.05) is 0 Å². The quantitative estimate of drug-likeness (QED) is 0.801. The number of aromatic nitrogens is 1. The molecule has 0 spiro atoms. The van der Waals surface area contributed by atoms with Crippen molar-refractivity contribution in [2.75, 3.05) is 13.1 Å². The van der Waals surface area contributed by atoms with Crippen molar-refractivity contribution < 1.29 is 14.3 Å². The molecule has 1 fully saturated rings. The molecule has 0 radical (unpaired) electrons. The van der Waals surface area contributed by atoms with E-state index in [1.807, 2.05) is 13.8 Å². The van der Waals surface area contributed by atoms with Crippen molar-refractivity contribution in [3.8, 4) is 0 Å². The summed E-state index contributed by atoms with van der Waals surface area (Å²) in [4.78, 5) is 30.4. The maximum Gasteiger partial charge on any atom is 0.309 e. The molecule has 5 nitrogen and oxygen atoms in total. The molecule has 1 aromatic heterocycles. The van der Waals surface area contributed by atoms with Gasteiger partial charge < -0.3 is 9.64 Å². The summed E-state index contributed by atoms with van der Waals surface area (Å²) in [5.41, 5.74) is 0.937. The Hall–Kier alpha value is -1.43. The number of thiazole rings is 1. The summed E-state index contributed by atoms with van der Waals surface area (Å²) in [6.45, 7) is 7.04. The first-order valence-electron chi connectivity index (χ1n) is 6.82. The molecule has 110 valence electrons. The fourth-order valence-electron chi connectivity index (χ4n) is 2.39. The average molecular weight is 296 g/mol. The highest BCUT2D eigenvalue weighted by Crippen LogP contribution is 2.22. The van der Waals surface area contributed by atoms with Gasteiger partial charge in [-0.05, 0) is 26.7 Å². The molecule has 1 aromatic rings. The summed E-state index contributed by atoms with van der Waals surface area (Å²) in [7, 11) is 0. The second kappa shape index (κ2) is 6.35. The Morgan fingerprint density at radius 2 is 2.00 bits per heavy atom. The van der Waals surface area contributed by atoms with Crippen LogP contribution in [0.5, 0.6) is 0 Å². The van der Waals surface area contributed by atoms with Crippen LogP contribution in [0.3, 0.4) is 0 Å². The van der Waals surface area contributed by atoms with Gasteiger partial charge in [0.25, 0.3) is 0 Å². The van der Waals surface area contributed by atoms with E-state index in [9.17, 15) is 9.59 Å². The van der Waals surface area contributed by atoms with Crippen LogP contribution in [-0.4, -0.2) is 34.8 Å². The number of amides is 1. The molecule has 2 heterocycles. The lowest BCUT2D eigenvalue weighted by molar-refractivity contribution is -0.152. The van der Waals surface area contributed by atoms with Crippen molar-refractivity contribution in [2.45, 2.75) is 40.2 Å². The van der Waals surface area contributed by atoms with Gasteiger partial charge in [-0.2, -0.15) is 0 Å². The van der Waals surface area contributed by atoms with E-state index in [2.05, 4.69) is 4.98 Å². The minimum absolute atomic E-state index is 0.0765. The van der Waals surface area contributed by atoms with Crippen LogP contribution in [0.2, 0.25) is 0 Å². The lowest BCUT2D eigenvalue weighted by Gasteiger charge is -2.29. The lowest BCUT2D eigenvalue weighted by Crippen LogP contribution is -2.39. The van der Waals surface area contributed by atoms with Crippen molar-refractivity contribution in [1.29, 1.82) is 0 Å². The highest BCUT2D eigenvalue weighted by atomic mass is 32.1. The van der Waals surface area contributed by atoms with Gasteiger partial charge in [0, 0.05) is 20.0 Å². The Labute approximate surface area is 122 Å². The summed E-state index contributed by atoms with van der Waals surface area (Å²) in [5, 5.41) is 0.989. The van der Waals surface area contributed by atoms with E-state index in [-0.39, 0.29) is 17.8 Å². The third-order valence-electron chi connectivity index (χ3n) is 3.62. The number of hydrogen-bond donors (Lipinski definition) is 0. The zero-order chi connectivity index (χ0) is 14.7. The predicted octanol–water partition coefficient (Wildman–Crippen LogP) is 2.06. The minimum atomic E-state index is -0.154. The molecule has 0 aromatic carbocycles. The molecule has 1 amide bonds. The van der Waals surface area contributed by atoms with Crippen LogP contribution in [0.15, 0.2) is 0 Å². The molecule has 0 atom stereocenters. The molecule has 2 rings (SSSR count). The van der Waals surface area contributed by atoms with E-state index in [0.717, 1.165) is 15.6 Å². The van der Waals surface area contributed by atoms with Gasteiger partial charge in [-0.15, -0.1) is 11.3 Å². The molecule has 1 saturated heterocycles. The Morgan fingerprint density at radius 3 is 2.50 bits per heavy atom. The Bertz CT molecular complexity index is 505. The number of aryl methyl sites for hydroxylation is 2. The standard InChI is InChI=1S/C14H20N2O3S/c1-9-13(20-10(2)15-9)8-19-14(18)12-4-6-16(7-5-12)11(3)17/h12H,4-8H2,1-3H3. The van der Waals surface area contributed by atoms with Crippen molar-refractivity contribution in [3.63, 3.8) is 0 Å². The van der Waals surface area contributed by atoms with Crippen LogP contribution in [0.1, 0.15) is 35.3 Å². The number of carbonyl (C=O) groups excluding carboxylic acids is 2. The van der Waals surface area contributed by atoms with E-state index < -0.39 is 0 Å². The minimum Gasteiger partial charge on any atom is -0.460 e. The normalized spacial score (nSPS) is 16.2. The van der Waals surface area contributed by atoms with E-state index in [1.54, 1.807) is 23.2 Å². The Kier molecular flexibility index (Phi) is 4.75. The van der Waals surface area contributed by atoms with Gasteiger partial charge in [0.05, 0.1) is 21.5 Å². The monoisotopic (exact) mass is 296 g/mol. The Balaban J connectivity index is 1.81. The molecule has 0 unspecified atom stereocenters. The molecule has 20 heavy (non-hydrogen) atoms. The number of likely N-dealkylation sites (tertiary alicyclic amines) is 1. The third-order valence-corrected chi connectivity index (χ3v) is 4.67. The van der Waals surface area contributed by atoms with Gasteiger partial charge in [-0.25, -0.2) is 4.98 Å². The van der Waals surface area contributed by atoms with Crippen molar-refractivity contribution in [2.24, 2.45) is 5.92 Å². The predicted molar refractivity (Wildman–Crippen MR) is 76.4 cm³/mol. The summed E-state index contributed by atoms with van der Waals surface area (Å²) in [5.74, 6) is -0.161. The van der Waals surface area contributed by atoms with E-state index >= 15 is 0 Å². The fourth-order valence-corrected chi connectivity index (χ4v) is 3.24. The molecule has 1 aliphatic rings. The molecule has 0 saturated carbocycles. The zero-order valence-corrected chi connectivity index (χ0v) is 13.0. The topological polar surface area (TPSA) is 59.5 Å². The van der Waals surface area contributed by atoms with Gasteiger partial charge >= 0.3 is 5.97 Å². The van der Waals surface area contributed by atoms with E-state index in [0.29, 0.717) is 32.5 Å². The zero-order valence-electron chi connectivity index (χ0n) is 12.1. The second-order valence-electron chi connectivity index (χ2n) is 5.13. The van der Waals surface area contributed by atoms with Crippen molar-refractivity contribution in [1.82, 2.24) is 9.88 Å². The largest absolute Gasteiger partial charge is 0.460 e. The summed E-state index contributed by atoms with van der Waals surface area (Å²) in [6, 6.07) is 0. The van der Waals surface area contributed by atoms with Crippen LogP contribution in [-0.2, 0) is 20.9 Å². The van der Waals surface area contributed by atoms with E-state index in [1.165, 1.54) is 0 Å². The molecule has 6 heteroatoms. The first-order chi connectivity index (χ1) is 9.47. The molecule has 1 aliphatic heterocycles. The fraction of sp³-hybridized carbons (Fsp3) is 0.643. The summed E-state index contributed by atoms with van der Waals surface area (Å²) in [6.07, 6.45) is 1.39. The highest BCUT2D eigenvalue weighted by Gasteiger charge is 2.27. The molecule has 0 bridgehead atoms. The number of carbonyl (C=O) groups is 2. The van der Waals surface area contributed by atoms with Gasteiger partial charge in [-0.3, -0.25) is 9.59 Å². The third kappa shape index (κ3) is 3.56. The molecular weight excluding hydrogens is 276 g/mol. The number of esters is 1. The summed E-state index contributed by atoms with van der Waals surface area (Å²) >= 11 is 1.57. The van der Waals surface area contributed by atoms with Crippen LogP contribution in [0.25, 0.3) is 0 Å². The molecular formula is C14H20N2O3S. The number of rotatable bonds is 3. The van der Waals surface area contributed by atoms with Gasteiger partial charge in [0.15, 0.2) is 0 Å². The average Bonchev–Trinajstić information content (AvgIpc) is 2.74. The second-order valence-corrected chi connectivity index (χ2v) is 6.42. The van der Waals surface area contributed by atoms with Crippen LogP contribution in [0, 0.1) is 19.8 Å². The van der Waals surface area contributed by atoms with Crippen LogP contribution >= 0.6 is 11.3 Å². The first kappa shape index (κ1) is 15.0. The maximum absolute atomic E-state index is 12.0. The van der Waals surface area contributed by atoms with Crippen molar-refractivity contribution in [3.05, 3.63) is 15.6 Å². The first-order valence-corrected chi connectivity index (χ1v) is 7.64. The number of piperidine rings is 1. The number of hydrogen-bond acceptors (Lipinski definition) is 5. The molecule has 0 N–H and O–H groups in total. The smallest absolute Gasteiger partial charge is 0.309 e. The number of nitrogens with zero attached hydrogens (tertiary/aromatic N) is 2. The SMILES string of the molecule is CC(=O)N1CCC(C(=O)OCc2sc(C)nc2C)CC1. The highest BCUT2D eigenvalue weighted by molar-refractivity contribution is 7.11. The van der Waals surface area contributed by atoms with E-state index in [4.69, 9.17) is 4.74 Å². The molecule has 0 aliphatic carbocycles.